The van der Waals surface area contributed by atoms with Gasteiger partial charge in [-0.15, -0.1) is 5.10 Å². The third-order valence-electron chi connectivity index (χ3n) is 2.09. The second-order valence-electron chi connectivity index (χ2n) is 3.27. The highest BCUT2D eigenvalue weighted by Gasteiger charge is 2.07. The summed E-state index contributed by atoms with van der Waals surface area (Å²) in [6.45, 7) is 1.34. The van der Waals surface area contributed by atoms with Crippen molar-refractivity contribution in [2.75, 3.05) is 25.0 Å². The molecule has 80 valence electrons. The van der Waals surface area contributed by atoms with Gasteiger partial charge in [0.2, 0.25) is 5.95 Å². The largest absolute Gasteiger partial charge is 0.341 e. The number of nitrogens with zero attached hydrogens (tertiary/aromatic N) is 4. The first-order valence-electron chi connectivity index (χ1n) is 4.64. The number of pyridine rings is 1. The second-order valence-corrected chi connectivity index (χ2v) is 4.19. The van der Waals surface area contributed by atoms with Crippen LogP contribution in [0, 0.1) is 0 Å². The zero-order valence-electron chi connectivity index (χ0n) is 8.39. The smallest absolute Gasteiger partial charge is 0.245 e. The Hall–Kier alpha value is -1.14. The Bertz CT molecular complexity index is 466. The van der Waals surface area contributed by atoms with E-state index in [0.29, 0.717) is 12.5 Å². The van der Waals surface area contributed by atoms with E-state index >= 15 is 0 Å². The Morgan fingerprint density at radius 2 is 2.33 bits per heavy atom. The van der Waals surface area contributed by atoms with E-state index in [0.717, 1.165) is 16.7 Å². The molecule has 15 heavy (non-hydrogen) atoms. The maximum absolute atomic E-state index is 5.47. The summed E-state index contributed by atoms with van der Waals surface area (Å²) in [6, 6.07) is 3.85. The molecule has 2 rings (SSSR count). The van der Waals surface area contributed by atoms with E-state index in [1.165, 1.54) is 0 Å². The topological polar surface area (TPSA) is 59.5 Å². The molecule has 0 aliphatic heterocycles. The van der Waals surface area contributed by atoms with Crippen molar-refractivity contribution in [1.82, 2.24) is 14.6 Å². The van der Waals surface area contributed by atoms with Crippen LogP contribution in [0.15, 0.2) is 22.8 Å². The van der Waals surface area contributed by atoms with Gasteiger partial charge < -0.3 is 10.6 Å². The predicted molar refractivity (Wildman–Crippen MR) is 63.0 cm³/mol. The minimum absolute atomic E-state index is 0.593. The summed E-state index contributed by atoms with van der Waals surface area (Å²) in [5.41, 5.74) is 6.30. The van der Waals surface area contributed by atoms with Crippen LogP contribution in [-0.2, 0) is 0 Å². The molecule has 6 heteroatoms. The van der Waals surface area contributed by atoms with Crippen LogP contribution in [0.1, 0.15) is 0 Å². The van der Waals surface area contributed by atoms with Gasteiger partial charge in [-0.2, -0.15) is 4.98 Å². The Labute approximate surface area is 96.0 Å². The van der Waals surface area contributed by atoms with E-state index in [1.807, 2.05) is 30.3 Å². The van der Waals surface area contributed by atoms with Gasteiger partial charge in [-0.3, -0.25) is 0 Å². The summed E-state index contributed by atoms with van der Waals surface area (Å²) >= 11 is 3.39. The fourth-order valence-corrected chi connectivity index (χ4v) is 1.63. The summed E-state index contributed by atoms with van der Waals surface area (Å²) in [5.74, 6) is 0.693. The molecule has 2 aromatic rings. The van der Waals surface area contributed by atoms with Gasteiger partial charge in [0.05, 0.1) is 0 Å². The highest BCUT2D eigenvalue weighted by atomic mass is 79.9. The van der Waals surface area contributed by atoms with Crippen LogP contribution >= 0.6 is 15.9 Å². The number of rotatable bonds is 3. The highest BCUT2D eigenvalue weighted by molar-refractivity contribution is 9.10. The minimum atomic E-state index is 0.593. The molecule has 0 spiro atoms. The lowest BCUT2D eigenvalue weighted by Crippen LogP contribution is -2.25. The first-order valence-corrected chi connectivity index (χ1v) is 5.43. The van der Waals surface area contributed by atoms with Crippen LogP contribution in [0.25, 0.3) is 5.65 Å². The van der Waals surface area contributed by atoms with Crippen LogP contribution in [0.4, 0.5) is 5.95 Å². The van der Waals surface area contributed by atoms with Gasteiger partial charge in [0, 0.05) is 30.8 Å². The van der Waals surface area contributed by atoms with Crippen molar-refractivity contribution in [3.8, 4) is 0 Å². The number of nitrogens with two attached hydrogens (primary N) is 1. The number of likely N-dealkylation sites (N-methyl/N-ethyl adjacent to an activating group) is 1. The molecule has 2 aromatic heterocycles. The SMILES string of the molecule is CN(CCN)c1nc2ccc(Br)cn2n1. The first-order chi connectivity index (χ1) is 7.20. The minimum Gasteiger partial charge on any atom is -0.341 e. The van der Waals surface area contributed by atoms with Gasteiger partial charge in [0.25, 0.3) is 0 Å². The molecule has 0 bridgehead atoms. The third kappa shape index (κ3) is 2.10. The van der Waals surface area contributed by atoms with Crippen LogP contribution < -0.4 is 10.6 Å². The average Bonchev–Trinajstić information content (AvgIpc) is 2.60. The highest BCUT2D eigenvalue weighted by Crippen LogP contribution is 2.13. The molecule has 0 fully saturated rings. The molecule has 5 nitrogen and oxygen atoms in total. The normalized spacial score (nSPS) is 10.9. The lowest BCUT2D eigenvalue weighted by Gasteiger charge is -2.11. The van der Waals surface area contributed by atoms with Gasteiger partial charge >= 0.3 is 0 Å². The summed E-state index contributed by atoms with van der Waals surface area (Å²) in [7, 11) is 1.93. The van der Waals surface area contributed by atoms with E-state index in [-0.39, 0.29) is 0 Å². The Morgan fingerprint density at radius 1 is 1.53 bits per heavy atom. The van der Waals surface area contributed by atoms with Crippen molar-refractivity contribution >= 4 is 27.5 Å². The molecule has 0 aliphatic carbocycles. The van der Waals surface area contributed by atoms with E-state index in [1.54, 1.807) is 4.52 Å². The monoisotopic (exact) mass is 269 g/mol. The molecule has 0 aromatic carbocycles. The first kappa shape index (κ1) is 10.4. The van der Waals surface area contributed by atoms with Crippen LogP contribution in [-0.4, -0.2) is 34.7 Å². The Balaban J connectivity index is 2.38. The van der Waals surface area contributed by atoms with E-state index in [9.17, 15) is 0 Å². The van der Waals surface area contributed by atoms with Crippen LogP contribution in [0.2, 0.25) is 0 Å². The quantitative estimate of drug-likeness (QED) is 0.899. The predicted octanol–water partition coefficient (Wildman–Crippen LogP) is 0.887. The van der Waals surface area contributed by atoms with Crippen molar-refractivity contribution in [3.63, 3.8) is 0 Å². The van der Waals surface area contributed by atoms with Crippen molar-refractivity contribution in [2.24, 2.45) is 5.73 Å². The molecule has 2 N–H and O–H groups in total. The molecule has 0 saturated carbocycles. The molecule has 0 atom stereocenters. The number of fused-ring (bicyclic) bond motifs is 1. The van der Waals surface area contributed by atoms with E-state index < -0.39 is 0 Å². The average molecular weight is 270 g/mol. The van der Waals surface area contributed by atoms with Crippen LogP contribution in [0.3, 0.4) is 0 Å². The molecule has 0 saturated heterocycles. The number of hydrogen-bond acceptors (Lipinski definition) is 4. The standard InChI is InChI=1S/C9H12BrN5/c1-14(5-4-11)9-12-8-3-2-7(10)6-15(8)13-9/h2-3,6H,4-5,11H2,1H3. The van der Waals surface area contributed by atoms with Crippen LogP contribution in [0.5, 0.6) is 0 Å². The molecule has 0 unspecified atom stereocenters. The molecule has 0 aliphatic rings. The fraction of sp³-hybridized carbons (Fsp3) is 0.333. The Morgan fingerprint density at radius 3 is 3.07 bits per heavy atom. The molecular formula is C9H12BrN5. The maximum atomic E-state index is 5.47. The van der Waals surface area contributed by atoms with Crippen molar-refractivity contribution in [2.45, 2.75) is 0 Å². The Kier molecular flexibility index (Phi) is 2.88. The number of halogens is 1. The van der Waals surface area contributed by atoms with E-state index in [4.69, 9.17) is 5.73 Å². The fourth-order valence-electron chi connectivity index (χ4n) is 1.30. The van der Waals surface area contributed by atoms with Gasteiger partial charge in [-0.05, 0) is 28.1 Å². The van der Waals surface area contributed by atoms with Crippen molar-refractivity contribution in [3.05, 3.63) is 22.8 Å². The summed E-state index contributed by atoms with van der Waals surface area (Å²) < 4.78 is 2.72. The number of aromatic nitrogens is 3. The molecule has 0 amide bonds. The lowest BCUT2D eigenvalue weighted by molar-refractivity contribution is 0.835. The number of hydrogen-bond donors (Lipinski definition) is 1. The summed E-state index contributed by atoms with van der Waals surface area (Å²) in [6.07, 6.45) is 1.88. The maximum Gasteiger partial charge on any atom is 0.245 e. The molecular weight excluding hydrogens is 258 g/mol. The van der Waals surface area contributed by atoms with Gasteiger partial charge in [-0.25, -0.2) is 4.52 Å². The summed E-state index contributed by atoms with van der Waals surface area (Å²) in [5, 5.41) is 4.34. The zero-order valence-corrected chi connectivity index (χ0v) is 9.98. The van der Waals surface area contributed by atoms with Gasteiger partial charge in [0.15, 0.2) is 5.65 Å². The molecule has 2 heterocycles. The lowest BCUT2D eigenvalue weighted by atomic mass is 10.5. The van der Waals surface area contributed by atoms with Gasteiger partial charge in [-0.1, -0.05) is 0 Å². The third-order valence-corrected chi connectivity index (χ3v) is 2.56. The number of anilines is 1. The van der Waals surface area contributed by atoms with E-state index in [2.05, 4.69) is 26.0 Å². The molecule has 0 radical (unpaired) electrons. The summed E-state index contributed by atoms with van der Waals surface area (Å²) in [4.78, 5) is 6.31. The van der Waals surface area contributed by atoms with Gasteiger partial charge in [0.1, 0.15) is 0 Å². The zero-order chi connectivity index (χ0) is 10.8. The van der Waals surface area contributed by atoms with Crippen molar-refractivity contribution in [1.29, 1.82) is 0 Å². The second kappa shape index (κ2) is 4.16. The van der Waals surface area contributed by atoms with Crippen molar-refractivity contribution < 1.29 is 0 Å².